The molecule has 0 radical (unpaired) electrons. The van der Waals surface area contributed by atoms with Crippen LogP contribution >= 0.6 is 0 Å². The second-order valence-corrected chi connectivity index (χ2v) is 5.37. The van der Waals surface area contributed by atoms with Gasteiger partial charge < -0.3 is 15.6 Å². The predicted molar refractivity (Wildman–Crippen MR) is 72.7 cm³/mol. The van der Waals surface area contributed by atoms with Crippen LogP contribution in [-0.4, -0.2) is 48.9 Å². The summed E-state index contributed by atoms with van der Waals surface area (Å²) >= 11 is 0. The molecule has 0 aromatic heterocycles. The number of nitrogens with two attached hydrogens (primary N) is 1. The first-order valence-corrected chi connectivity index (χ1v) is 7.42. The van der Waals surface area contributed by atoms with Gasteiger partial charge in [-0.25, -0.2) is 4.79 Å². The number of esters is 1. The highest BCUT2D eigenvalue weighted by atomic mass is 32.2. The summed E-state index contributed by atoms with van der Waals surface area (Å²) in [6, 6.07) is 0. The van der Waals surface area contributed by atoms with Gasteiger partial charge in [-0.1, -0.05) is 6.08 Å². The van der Waals surface area contributed by atoms with E-state index in [-0.39, 0.29) is 12.4 Å². The lowest BCUT2D eigenvalue weighted by atomic mass is 10.2. The average molecular weight is 311 g/mol. The molecule has 0 aliphatic rings. The van der Waals surface area contributed by atoms with Crippen LogP contribution in [-0.2, 0) is 24.4 Å². The maximum atomic E-state index is 10.7. The third kappa shape index (κ3) is 16.6. The summed E-state index contributed by atoms with van der Waals surface area (Å²) in [6.45, 7) is 3.37. The molecule has 0 aromatic rings. The second-order valence-electron chi connectivity index (χ2n) is 3.80. The lowest BCUT2D eigenvalue weighted by Crippen LogP contribution is -2.17. The Kier molecular flexibility index (Phi) is 11.9. The van der Waals surface area contributed by atoms with E-state index in [4.69, 9.17) is 15.4 Å². The quantitative estimate of drug-likeness (QED) is 0.340. The van der Waals surface area contributed by atoms with Crippen LogP contribution in [0.2, 0.25) is 0 Å². The summed E-state index contributed by atoms with van der Waals surface area (Å²) in [5.41, 5.74) is 4.96. The minimum absolute atomic E-state index is 0.0848. The van der Waals surface area contributed by atoms with Crippen LogP contribution in [0.4, 0.5) is 0 Å². The second kappa shape index (κ2) is 11.4. The van der Waals surface area contributed by atoms with Crippen LogP contribution in [0.1, 0.15) is 20.3 Å². The van der Waals surface area contributed by atoms with Crippen LogP contribution in [0, 0.1) is 5.92 Å². The van der Waals surface area contributed by atoms with Gasteiger partial charge in [0, 0.05) is 6.08 Å². The smallest absolute Gasteiger partial charge is 0.330 e. The summed E-state index contributed by atoms with van der Waals surface area (Å²) in [4.78, 5) is 20.9. The Morgan fingerprint density at radius 3 is 2.25 bits per heavy atom. The van der Waals surface area contributed by atoms with Gasteiger partial charge in [0.2, 0.25) is 0 Å². The minimum atomic E-state index is -3.77. The molecule has 20 heavy (non-hydrogen) atoms. The maximum absolute atomic E-state index is 10.7. The molecule has 1 unspecified atom stereocenters. The van der Waals surface area contributed by atoms with E-state index in [1.54, 1.807) is 6.92 Å². The van der Waals surface area contributed by atoms with E-state index in [0.29, 0.717) is 13.0 Å². The molecular formula is C11H21NO7S. The third-order valence-corrected chi connectivity index (χ3v) is 2.61. The lowest BCUT2D eigenvalue weighted by molar-refractivity contribution is -0.147. The van der Waals surface area contributed by atoms with E-state index in [1.807, 2.05) is 0 Å². The molecule has 4 N–H and O–H groups in total. The van der Waals surface area contributed by atoms with Gasteiger partial charge in [-0.05, 0) is 26.8 Å². The maximum Gasteiger partial charge on any atom is 0.330 e. The minimum Gasteiger partial charge on any atom is -0.481 e. The fourth-order valence-electron chi connectivity index (χ4n) is 0.728. The molecule has 1 atom stereocenters. The van der Waals surface area contributed by atoms with Crippen molar-refractivity contribution in [2.75, 3.05) is 18.9 Å². The molecule has 0 heterocycles. The molecule has 0 aliphatic carbocycles. The van der Waals surface area contributed by atoms with Crippen molar-refractivity contribution in [2.45, 2.75) is 20.3 Å². The van der Waals surface area contributed by atoms with Crippen molar-refractivity contribution in [1.82, 2.24) is 0 Å². The largest absolute Gasteiger partial charge is 0.481 e. The Morgan fingerprint density at radius 2 is 1.95 bits per heavy atom. The average Bonchev–Trinajstić information content (AvgIpc) is 2.33. The highest BCUT2D eigenvalue weighted by Crippen LogP contribution is 1.96. The standard InChI is InChI=1S/C8H12O4.C3H9NO3S/c1-3-4-7(9)12-5-6(2)8(10)11;4-2-1-3-8(5,6)7/h3-4,6H,5H2,1-2H3,(H,10,11);1-4H2,(H,5,6,7). The molecule has 9 heteroatoms. The van der Waals surface area contributed by atoms with E-state index in [0.717, 1.165) is 0 Å². The molecule has 0 spiro atoms. The summed E-state index contributed by atoms with van der Waals surface area (Å²) in [7, 11) is -3.77. The van der Waals surface area contributed by atoms with Crippen molar-refractivity contribution in [2.24, 2.45) is 11.7 Å². The number of carbonyl (C=O) groups excluding carboxylic acids is 1. The Bertz CT molecular complexity index is 416. The Morgan fingerprint density at radius 1 is 1.40 bits per heavy atom. The predicted octanol–water partition coefficient (Wildman–Crippen LogP) is 0.0494. The van der Waals surface area contributed by atoms with Crippen molar-refractivity contribution in [3.8, 4) is 0 Å². The van der Waals surface area contributed by atoms with Gasteiger partial charge in [-0.15, -0.1) is 0 Å². The van der Waals surface area contributed by atoms with E-state index in [9.17, 15) is 18.0 Å². The first kappa shape index (κ1) is 20.9. The molecule has 0 aromatic carbocycles. The summed E-state index contributed by atoms with van der Waals surface area (Å²) in [6.07, 6.45) is 3.10. The zero-order chi connectivity index (χ0) is 16.2. The van der Waals surface area contributed by atoms with Crippen molar-refractivity contribution in [3.63, 3.8) is 0 Å². The number of carbonyl (C=O) groups is 2. The van der Waals surface area contributed by atoms with E-state index in [2.05, 4.69) is 4.74 Å². The van der Waals surface area contributed by atoms with Gasteiger partial charge in [0.1, 0.15) is 6.61 Å². The van der Waals surface area contributed by atoms with Gasteiger partial charge in [0.25, 0.3) is 10.1 Å². The summed E-state index contributed by atoms with van der Waals surface area (Å²) in [5, 5.41) is 8.42. The SMILES string of the molecule is CC=CC(=O)OCC(C)C(=O)O.NCCCS(=O)(=O)O. The zero-order valence-electron chi connectivity index (χ0n) is 11.5. The first-order valence-electron chi connectivity index (χ1n) is 5.81. The van der Waals surface area contributed by atoms with E-state index >= 15 is 0 Å². The number of hydrogen-bond donors (Lipinski definition) is 3. The lowest BCUT2D eigenvalue weighted by Gasteiger charge is -2.04. The van der Waals surface area contributed by atoms with Crippen molar-refractivity contribution < 1.29 is 32.4 Å². The molecule has 118 valence electrons. The number of rotatable bonds is 7. The molecule has 0 rings (SSSR count). The van der Waals surface area contributed by atoms with Crippen molar-refractivity contribution in [1.29, 1.82) is 0 Å². The van der Waals surface area contributed by atoms with Crippen LogP contribution in [0.15, 0.2) is 12.2 Å². The van der Waals surface area contributed by atoms with Gasteiger partial charge in [-0.3, -0.25) is 9.35 Å². The molecule has 0 bridgehead atoms. The highest BCUT2D eigenvalue weighted by Gasteiger charge is 2.12. The van der Waals surface area contributed by atoms with Crippen molar-refractivity contribution >= 4 is 22.1 Å². The molecule has 0 saturated heterocycles. The number of hydrogen-bond acceptors (Lipinski definition) is 6. The number of ether oxygens (including phenoxy) is 1. The molecule has 0 amide bonds. The Labute approximate surface area is 118 Å². The Hall–Kier alpha value is -1.45. The van der Waals surface area contributed by atoms with Crippen molar-refractivity contribution in [3.05, 3.63) is 12.2 Å². The normalized spacial score (nSPS) is 12.4. The highest BCUT2D eigenvalue weighted by molar-refractivity contribution is 7.85. The van der Waals surface area contributed by atoms with Crippen LogP contribution < -0.4 is 5.73 Å². The summed E-state index contributed by atoms with van der Waals surface area (Å²) < 4.78 is 32.4. The fourth-order valence-corrected chi connectivity index (χ4v) is 1.26. The summed E-state index contributed by atoms with van der Waals surface area (Å²) in [5.74, 6) is -2.36. The monoisotopic (exact) mass is 311 g/mol. The van der Waals surface area contributed by atoms with Gasteiger partial charge >= 0.3 is 11.9 Å². The number of carboxylic acids is 1. The third-order valence-electron chi connectivity index (χ3n) is 1.81. The molecule has 8 nitrogen and oxygen atoms in total. The van der Waals surface area contributed by atoms with Crippen LogP contribution in [0.3, 0.4) is 0 Å². The van der Waals surface area contributed by atoms with Gasteiger partial charge in [-0.2, -0.15) is 8.42 Å². The van der Waals surface area contributed by atoms with Gasteiger partial charge in [0.15, 0.2) is 0 Å². The number of allylic oxidation sites excluding steroid dienone is 1. The van der Waals surface area contributed by atoms with E-state index in [1.165, 1.54) is 19.1 Å². The molecule has 0 saturated carbocycles. The number of aliphatic carboxylic acids is 1. The van der Waals surface area contributed by atoms with Crippen LogP contribution in [0.5, 0.6) is 0 Å². The van der Waals surface area contributed by atoms with E-state index < -0.39 is 28.0 Å². The molecule has 0 aliphatic heterocycles. The Balaban J connectivity index is 0. The zero-order valence-corrected chi connectivity index (χ0v) is 12.3. The topological polar surface area (TPSA) is 144 Å². The van der Waals surface area contributed by atoms with Crippen LogP contribution in [0.25, 0.3) is 0 Å². The molecular weight excluding hydrogens is 290 g/mol. The molecule has 0 fully saturated rings. The first-order chi connectivity index (χ1) is 9.14. The fraction of sp³-hybridized carbons (Fsp3) is 0.636. The number of carboxylic acid groups (broad SMARTS) is 1. The van der Waals surface area contributed by atoms with Gasteiger partial charge in [0.05, 0.1) is 11.7 Å².